The van der Waals surface area contributed by atoms with Crippen molar-refractivity contribution in [2.45, 2.75) is 38.8 Å². The van der Waals surface area contributed by atoms with Gasteiger partial charge < -0.3 is 10.2 Å². The van der Waals surface area contributed by atoms with Gasteiger partial charge in [0, 0.05) is 48.5 Å². The average Bonchev–Trinajstić information content (AvgIpc) is 3.12. The van der Waals surface area contributed by atoms with Crippen LogP contribution in [0.15, 0.2) is 42.7 Å². The van der Waals surface area contributed by atoms with E-state index in [-0.39, 0.29) is 11.9 Å². The minimum Gasteiger partial charge on any atom is -0.348 e. The summed E-state index contributed by atoms with van der Waals surface area (Å²) in [6.45, 7) is 6.48. The minimum absolute atomic E-state index is 0.104. The molecular formula is C21H25N5O. The van der Waals surface area contributed by atoms with Crippen molar-refractivity contribution >= 4 is 16.8 Å². The summed E-state index contributed by atoms with van der Waals surface area (Å²) in [6, 6.07) is 10.7. The van der Waals surface area contributed by atoms with E-state index in [9.17, 15) is 4.79 Å². The van der Waals surface area contributed by atoms with Crippen molar-refractivity contribution in [3.63, 3.8) is 0 Å². The summed E-state index contributed by atoms with van der Waals surface area (Å²) in [4.78, 5) is 19.5. The smallest absolute Gasteiger partial charge is 0.272 e. The number of benzene rings is 1. The number of nitrogens with one attached hydrogen (secondary N) is 2. The molecule has 2 N–H and O–H groups in total. The third-order valence-corrected chi connectivity index (χ3v) is 5.37. The molecule has 1 fully saturated rings. The molecule has 1 aliphatic heterocycles. The summed E-state index contributed by atoms with van der Waals surface area (Å²) in [5, 5.41) is 11.3. The van der Waals surface area contributed by atoms with E-state index in [2.05, 4.69) is 39.2 Å². The van der Waals surface area contributed by atoms with Gasteiger partial charge in [-0.1, -0.05) is 12.1 Å². The van der Waals surface area contributed by atoms with Gasteiger partial charge >= 0.3 is 0 Å². The molecule has 3 aromatic rings. The maximum atomic E-state index is 12.8. The number of amides is 1. The van der Waals surface area contributed by atoms with Crippen LogP contribution in [0.4, 0.5) is 0 Å². The van der Waals surface area contributed by atoms with Gasteiger partial charge in [-0.25, -0.2) is 0 Å². The molecule has 0 spiro atoms. The van der Waals surface area contributed by atoms with Gasteiger partial charge in [-0.2, -0.15) is 5.10 Å². The number of aromatic nitrogens is 3. The predicted octanol–water partition coefficient (Wildman–Crippen LogP) is 3.23. The first-order valence-corrected chi connectivity index (χ1v) is 9.55. The van der Waals surface area contributed by atoms with Crippen molar-refractivity contribution in [2.24, 2.45) is 0 Å². The Kier molecular flexibility index (Phi) is 4.90. The number of nitrogens with zero attached hydrogens (tertiary/aromatic N) is 3. The molecule has 0 unspecified atom stereocenters. The molecule has 0 saturated carbocycles. The lowest BCUT2D eigenvalue weighted by atomic mass is 10.0. The molecule has 6 nitrogen and oxygen atoms in total. The molecule has 4 rings (SSSR count). The van der Waals surface area contributed by atoms with Crippen LogP contribution in [0.25, 0.3) is 22.0 Å². The number of H-pyrrole nitrogens is 1. The lowest BCUT2D eigenvalue weighted by Crippen LogP contribution is -2.46. The van der Waals surface area contributed by atoms with Crippen LogP contribution in [0.3, 0.4) is 0 Å². The Morgan fingerprint density at radius 1 is 1.22 bits per heavy atom. The number of rotatable bonds is 4. The molecule has 0 radical (unpaired) electrons. The van der Waals surface area contributed by atoms with Gasteiger partial charge in [0.2, 0.25) is 0 Å². The van der Waals surface area contributed by atoms with Crippen LogP contribution in [-0.2, 0) is 0 Å². The molecule has 1 aliphatic rings. The van der Waals surface area contributed by atoms with Gasteiger partial charge in [-0.3, -0.25) is 14.9 Å². The van der Waals surface area contributed by atoms with Gasteiger partial charge in [-0.05, 0) is 50.5 Å². The monoisotopic (exact) mass is 363 g/mol. The summed E-state index contributed by atoms with van der Waals surface area (Å²) < 4.78 is 0. The fraction of sp³-hybridized carbons (Fsp3) is 0.381. The zero-order valence-electron chi connectivity index (χ0n) is 15.8. The predicted molar refractivity (Wildman–Crippen MR) is 107 cm³/mol. The van der Waals surface area contributed by atoms with Crippen molar-refractivity contribution in [3.8, 4) is 11.1 Å². The molecule has 27 heavy (non-hydrogen) atoms. The number of piperidine rings is 1. The summed E-state index contributed by atoms with van der Waals surface area (Å²) in [5.41, 5.74) is 3.37. The van der Waals surface area contributed by atoms with Crippen LogP contribution < -0.4 is 5.32 Å². The Balaban J connectivity index is 1.52. The first kappa shape index (κ1) is 17.7. The SMILES string of the molecule is CC(C)N1CCC(NC(=O)c2n[nH]c3ccc(-c4cccnc4)cc23)CC1. The average molecular weight is 363 g/mol. The third kappa shape index (κ3) is 3.71. The van der Waals surface area contributed by atoms with E-state index in [0.29, 0.717) is 11.7 Å². The highest BCUT2D eigenvalue weighted by atomic mass is 16.2. The van der Waals surface area contributed by atoms with Gasteiger partial charge in [0.15, 0.2) is 5.69 Å². The molecule has 3 heterocycles. The quantitative estimate of drug-likeness (QED) is 0.746. The van der Waals surface area contributed by atoms with E-state index >= 15 is 0 Å². The Hall–Kier alpha value is -2.73. The van der Waals surface area contributed by atoms with Crippen molar-refractivity contribution < 1.29 is 4.79 Å². The second-order valence-electron chi connectivity index (χ2n) is 7.45. The summed E-state index contributed by atoms with van der Waals surface area (Å²) >= 11 is 0. The van der Waals surface area contributed by atoms with Gasteiger partial charge in [-0.15, -0.1) is 0 Å². The maximum absolute atomic E-state index is 12.8. The standard InChI is InChI=1S/C21H25N5O/c1-14(2)26-10-7-17(8-11-26)23-21(27)20-18-12-15(5-6-19(18)24-25-20)16-4-3-9-22-13-16/h3-6,9,12-14,17H,7-8,10-11H2,1-2H3,(H,23,27)(H,24,25). The van der Waals surface area contributed by atoms with Crippen LogP contribution in [0.2, 0.25) is 0 Å². The summed E-state index contributed by atoms with van der Waals surface area (Å²) in [5.74, 6) is -0.104. The largest absolute Gasteiger partial charge is 0.348 e. The second kappa shape index (κ2) is 7.48. The summed E-state index contributed by atoms with van der Waals surface area (Å²) in [6.07, 6.45) is 5.53. The minimum atomic E-state index is -0.104. The lowest BCUT2D eigenvalue weighted by molar-refractivity contribution is 0.0897. The maximum Gasteiger partial charge on any atom is 0.272 e. The van der Waals surface area contributed by atoms with E-state index < -0.39 is 0 Å². The van der Waals surface area contributed by atoms with Gasteiger partial charge in [0.05, 0.1) is 5.52 Å². The number of carbonyl (C=O) groups is 1. The van der Waals surface area contributed by atoms with Crippen molar-refractivity contribution in [1.82, 2.24) is 25.4 Å². The van der Waals surface area contributed by atoms with Gasteiger partial charge in [0.1, 0.15) is 0 Å². The molecule has 1 amide bonds. The Morgan fingerprint density at radius 3 is 2.74 bits per heavy atom. The highest BCUT2D eigenvalue weighted by Crippen LogP contribution is 2.25. The topological polar surface area (TPSA) is 73.9 Å². The number of hydrogen-bond acceptors (Lipinski definition) is 4. The van der Waals surface area contributed by atoms with Crippen LogP contribution in [0, 0.1) is 0 Å². The number of hydrogen-bond donors (Lipinski definition) is 2. The molecular weight excluding hydrogens is 338 g/mol. The molecule has 2 aromatic heterocycles. The summed E-state index contributed by atoms with van der Waals surface area (Å²) in [7, 11) is 0. The van der Waals surface area contributed by atoms with E-state index in [1.807, 2.05) is 36.5 Å². The number of pyridine rings is 1. The lowest BCUT2D eigenvalue weighted by Gasteiger charge is -2.34. The number of carbonyl (C=O) groups excluding carboxylic acids is 1. The highest BCUT2D eigenvalue weighted by molar-refractivity contribution is 6.05. The Bertz CT molecular complexity index is 926. The van der Waals surface area contributed by atoms with Crippen LogP contribution in [0.5, 0.6) is 0 Å². The molecule has 0 aliphatic carbocycles. The second-order valence-corrected chi connectivity index (χ2v) is 7.45. The Morgan fingerprint density at radius 2 is 2.04 bits per heavy atom. The van der Waals surface area contributed by atoms with Crippen molar-refractivity contribution in [2.75, 3.05) is 13.1 Å². The first-order chi connectivity index (χ1) is 13.1. The molecule has 1 saturated heterocycles. The van der Waals surface area contributed by atoms with Crippen molar-refractivity contribution in [1.29, 1.82) is 0 Å². The molecule has 1 aromatic carbocycles. The zero-order valence-corrected chi connectivity index (χ0v) is 15.8. The highest BCUT2D eigenvalue weighted by Gasteiger charge is 2.24. The van der Waals surface area contributed by atoms with Crippen LogP contribution >= 0.6 is 0 Å². The first-order valence-electron chi connectivity index (χ1n) is 9.55. The van der Waals surface area contributed by atoms with E-state index in [4.69, 9.17) is 0 Å². The third-order valence-electron chi connectivity index (χ3n) is 5.37. The molecule has 0 bridgehead atoms. The number of likely N-dealkylation sites (tertiary alicyclic amines) is 1. The van der Waals surface area contributed by atoms with Crippen LogP contribution in [0.1, 0.15) is 37.2 Å². The Labute approximate surface area is 159 Å². The van der Waals surface area contributed by atoms with E-state index in [1.54, 1.807) is 6.20 Å². The van der Waals surface area contributed by atoms with E-state index in [1.165, 1.54) is 0 Å². The number of fused-ring (bicyclic) bond motifs is 1. The molecule has 0 atom stereocenters. The van der Waals surface area contributed by atoms with Gasteiger partial charge in [0.25, 0.3) is 5.91 Å². The molecule has 140 valence electrons. The fourth-order valence-corrected chi connectivity index (χ4v) is 3.71. The van der Waals surface area contributed by atoms with Crippen molar-refractivity contribution in [3.05, 3.63) is 48.4 Å². The normalized spacial score (nSPS) is 16.1. The molecule has 6 heteroatoms. The zero-order chi connectivity index (χ0) is 18.8. The number of aromatic amines is 1. The fourth-order valence-electron chi connectivity index (χ4n) is 3.71. The van der Waals surface area contributed by atoms with E-state index in [0.717, 1.165) is 48.0 Å². The van der Waals surface area contributed by atoms with Crippen LogP contribution in [-0.4, -0.2) is 51.2 Å².